The van der Waals surface area contributed by atoms with Crippen molar-refractivity contribution in [1.29, 1.82) is 0 Å². The quantitative estimate of drug-likeness (QED) is 0.406. The number of aromatic carboxylic acids is 1. The van der Waals surface area contributed by atoms with Crippen LogP contribution in [0.3, 0.4) is 0 Å². The molecule has 0 aliphatic rings. The smallest absolute Gasteiger partial charge is 0.335 e. The van der Waals surface area contributed by atoms with E-state index in [0.717, 1.165) is 0 Å². The van der Waals surface area contributed by atoms with E-state index >= 15 is 0 Å². The number of benzene rings is 1. The van der Waals surface area contributed by atoms with Crippen LogP contribution in [0.5, 0.6) is 0 Å². The van der Waals surface area contributed by atoms with E-state index in [1.807, 2.05) is 0 Å². The Labute approximate surface area is 82.5 Å². The van der Waals surface area contributed by atoms with E-state index in [1.54, 1.807) is 12.1 Å². The minimum atomic E-state index is -2.61. The van der Waals surface area contributed by atoms with Crippen molar-refractivity contribution in [1.82, 2.24) is 0 Å². The molecular formula is C7H9NO5S. The van der Waals surface area contributed by atoms with Gasteiger partial charge in [-0.2, -0.15) is 4.21 Å². The zero-order valence-electron chi connectivity index (χ0n) is 6.95. The van der Waals surface area contributed by atoms with Crippen molar-refractivity contribution in [2.45, 2.75) is 0 Å². The second-order valence-electron chi connectivity index (χ2n) is 2.16. The van der Waals surface area contributed by atoms with Gasteiger partial charge in [-0.25, -0.2) is 4.79 Å². The zero-order chi connectivity index (χ0) is 11.1. The second-order valence-corrected chi connectivity index (χ2v) is 2.62. The first-order valence-corrected chi connectivity index (χ1v) is 4.38. The van der Waals surface area contributed by atoms with Crippen LogP contribution in [-0.2, 0) is 11.4 Å². The number of anilines is 1. The van der Waals surface area contributed by atoms with Gasteiger partial charge in [-0.3, -0.25) is 9.11 Å². The monoisotopic (exact) mass is 219 g/mol. The lowest BCUT2D eigenvalue weighted by atomic mass is 10.2. The van der Waals surface area contributed by atoms with Crippen LogP contribution in [0.1, 0.15) is 10.4 Å². The number of nitrogen functional groups attached to an aromatic ring is 1. The van der Waals surface area contributed by atoms with E-state index in [-0.39, 0.29) is 5.56 Å². The highest BCUT2D eigenvalue weighted by Gasteiger charge is 1.98. The Morgan fingerprint density at radius 1 is 1.21 bits per heavy atom. The highest BCUT2D eigenvalue weighted by Crippen LogP contribution is 2.04. The van der Waals surface area contributed by atoms with Gasteiger partial charge in [0.2, 0.25) is 0 Å². The standard InChI is InChI=1S/C7H7NO2.H2O3S/c8-6-3-1-5(2-4-6)7(9)10;1-4(2)3/h1-4H,8H2,(H,9,10);(H2,1,2,3). The van der Waals surface area contributed by atoms with Gasteiger partial charge in [-0.05, 0) is 24.3 Å². The van der Waals surface area contributed by atoms with Gasteiger partial charge in [0.1, 0.15) is 0 Å². The predicted octanol–water partition coefficient (Wildman–Crippen LogP) is 0.648. The first kappa shape index (κ1) is 12.6. The number of carbonyl (C=O) groups is 1. The lowest BCUT2D eigenvalue weighted by Gasteiger charge is -1.93. The molecule has 1 aromatic carbocycles. The molecule has 6 nitrogen and oxygen atoms in total. The van der Waals surface area contributed by atoms with Crippen molar-refractivity contribution in [3.8, 4) is 0 Å². The van der Waals surface area contributed by atoms with Crippen LogP contribution < -0.4 is 5.73 Å². The summed E-state index contributed by atoms with van der Waals surface area (Å²) in [6.45, 7) is 0. The van der Waals surface area contributed by atoms with Gasteiger partial charge in [0.25, 0.3) is 11.4 Å². The molecule has 0 unspecified atom stereocenters. The summed E-state index contributed by atoms with van der Waals surface area (Å²) in [5.41, 5.74) is 6.17. The molecular weight excluding hydrogens is 210 g/mol. The van der Waals surface area contributed by atoms with Crippen molar-refractivity contribution in [3.63, 3.8) is 0 Å². The Bertz CT molecular complexity index is 319. The van der Waals surface area contributed by atoms with E-state index in [9.17, 15) is 4.79 Å². The summed E-state index contributed by atoms with van der Waals surface area (Å²) >= 11 is -2.61. The summed E-state index contributed by atoms with van der Waals surface area (Å²) in [5.74, 6) is -0.931. The summed E-state index contributed by atoms with van der Waals surface area (Å²) in [6, 6.07) is 6.06. The van der Waals surface area contributed by atoms with Crippen LogP contribution >= 0.6 is 0 Å². The Morgan fingerprint density at radius 2 is 1.57 bits per heavy atom. The predicted molar refractivity (Wildman–Crippen MR) is 51.2 cm³/mol. The van der Waals surface area contributed by atoms with Gasteiger partial charge in [0.15, 0.2) is 0 Å². The number of carboxylic acids is 1. The topological polar surface area (TPSA) is 121 Å². The highest BCUT2D eigenvalue weighted by atomic mass is 32.2. The van der Waals surface area contributed by atoms with Crippen LogP contribution in [0.25, 0.3) is 0 Å². The molecule has 0 amide bonds. The van der Waals surface area contributed by atoms with Gasteiger partial charge in [-0.15, -0.1) is 0 Å². The molecule has 0 aliphatic heterocycles. The minimum absolute atomic E-state index is 0.259. The minimum Gasteiger partial charge on any atom is -0.478 e. The van der Waals surface area contributed by atoms with Crippen molar-refractivity contribution < 1.29 is 23.2 Å². The van der Waals surface area contributed by atoms with Gasteiger partial charge in [0, 0.05) is 5.69 Å². The fourth-order valence-corrected chi connectivity index (χ4v) is 0.626. The van der Waals surface area contributed by atoms with Crippen LogP contribution in [0.15, 0.2) is 24.3 Å². The molecule has 0 fully saturated rings. The van der Waals surface area contributed by atoms with Gasteiger partial charge < -0.3 is 10.8 Å². The molecule has 7 heteroatoms. The summed E-state index contributed by atoms with van der Waals surface area (Å²) < 4.78 is 22.8. The first-order chi connectivity index (χ1) is 6.43. The molecule has 0 aromatic heterocycles. The fourth-order valence-electron chi connectivity index (χ4n) is 0.626. The summed E-state index contributed by atoms with van der Waals surface area (Å²) in [7, 11) is 0. The Balaban J connectivity index is 0.000000364. The lowest BCUT2D eigenvalue weighted by molar-refractivity contribution is 0.0697. The molecule has 14 heavy (non-hydrogen) atoms. The van der Waals surface area contributed by atoms with Crippen LogP contribution in [0.4, 0.5) is 5.69 Å². The molecule has 1 aromatic rings. The summed E-state index contributed by atoms with van der Waals surface area (Å²) in [4.78, 5) is 10.3. The van der Waals surface area contributed by atoms with E-state index in [1.165, 1.54) is 12.1 Å². The third-order valence-corrected chi connectivity index (χ3v) is 1.16. The fraction of sp³-hybridized carbons (Fsp3) is 0. The zero-order valence-corrected chi connectivity index (χ0v) is 7.77. The van der Waals surface area contributed by atoms with Crippen LogP contribution in [0.2, 0.25) is 0 Å². The SMILES string of the molecule is Nc1ccc(C(=O)O)cc1.O=S(O)O. The average molecular weight is 219 g/mol. The van der Waals surface area contributed by atoms with E-state index < -0.39 is 17.3 Å². The van der Waals surface area contributed by atoms with Crippen molar-refractivity contribution in [3.05, 3.63) is 29.8 Å². The molecule has 0 spiro atoms. The normalized spacial score (nSPS) is 9.07. The Kier molecular flexibility index (Phi) is 5.46. The van der Waals surface area contributed by atoms with Gasteiger partial charge >= 0.3 is 5.97 Å². The van der Waals surface area contributed by atoms with Crippen LogP contribution in [-0.4, -0.2) is 24.4 Å². The van der Waals surface area contributed by atoms with Crippen molar-refractivity contribution >= 4 is 23.0 Å². The average Bonchev–Trinajstić information content (AvgIpc) is 2.03. The molecule has 0 radical (unpaired) electrons. The summed E-state index contributed by atoms with van der Waals surface area (Å²) in [6.07, 6.45) is 0. The number of nitrogens with two attached hydrogens (primary N) is 1. The molecule has 78 valence electrons. The van der Waals surface area contributed by atoms with Gasteiger partial charge in [0.05, 0.1) is 5.56 Å². The molecule has 0 bridgehead atoms. The van der Waals surface area contributed by atoms with E-state index in [4.69, 9.17) is 24.2 Å². The number of carboxylic acid groups (broad SMARTS) is 1. The molecule has 0 heterocycles. The first-order valence-electron chi connectivity index (χ1n) is 3.32. The lowest BCUT2D eigenvalue weighted by Crippen LogP contribution is -1.95. The number of hydrogen-bond donors (Lipinski definition) is 4. The number of rotatable bonds is 1. The molecule has 0 aliphatic carbocycles. The Hall–Kier alpha value is -1.44. The van der Waals surface area contributed by atoms with E-state index in [2.05, 4.69) is 0 Å². The maximum atomic E-state index is 10.3. The molecule has 0 saturated heterocycles. The maximum Gasteiger partial charge on any atom is 0.335 e. The third kappa shape index (κ3) is 6.12. The van der Waals surface area contributed by atoms with Crippen molar-refractivity contribution in [2.75, 3.05) is 5.73 Å². The maximum absolute atomic E-state index is 10.3. The number of hydrogen-bond acceptors (Lipinski definition) is 3. The largest absolute Gasteiger partial charge is 0.478 e. The molecule has 1 rings (SSSR count). The Morgan fingerprint density at radius 3 is 1.86 bits per heavy atom. The highest BCUT2D eigenvalue weighted by molar-refractivity contribution is 7.73. The molecule has 0 atom stereocenters. The van der Waals surface area contributed by atoms with Gasteiger partial charge in [-0.1, -0.05) is 0 Å². The van der Waals surface area contributed by atoms with E-state index in [0.29, 0.717) is 5.69 Å². The second kappa shape index (κ2) is 6.08. The third-order valence-electron chi connectivity index (χ3n) is 1.16. The molecule has 0 saturated carbocycles. The van der Waals surface area contributed by atoms with Crippen LogP contribution in [0, 0.1) is 0 Å². The van der Waals surface area contributed by atoms with Crippen molar-refractivity contribution in [2.24, 2.45) is 0 Å². The summed E-state index contributed by atoms with van der Waals surface area (Å²) in [5, 5.41) is 8.43. The molecule has 5 N–H and O–H groups in total.